The van der Waals surface area contributed by atoms with Gasteiger partial charge in [-0.1, -0.05) is 121 Å². The standard InChI is InChI=1S/C35H23N/c1-3-12-25(13-4-1)34-28-16-8-9-17-29(28)35(26-14-5-2-6-15-26)31-23-27(19-21-30(31)34)33-22-20-24-11-7-10-18-32(24)36-33/h1-23H. The summed E-state index contributed by atoms with van der Waals surface area (Å²) in [5, 5.41) is 6.18. The van der Waals surface area contributed by atoms with E-state index in [1.54, 1.807) is 0 Å². The largest absolute Gasteiger partial charge is 0.248 e. The Morgan fingerprint density at radius 2 is 0.917 bits per heavy atom. The first kappa shape index (κ1) is 20.6. The van der Waals surface area contributed by atoms with Crippen molar-refractivity contribution in [3.63, 3.8) is 0 Å². The van der Waals surface area contributed by atoms with Crippen molar-refractivity contribution < 1.29 is 0 Å². The van der Waals surface area contributed by atoms with Crippen molar-refractivity contribution in [1.82, 2.24) is 4.98 Å². The van der Waals surface area contributed by atoms with Crippen molar-refractivity contribution in [2.24, 2.45) is 0 Å². The van der Waals surface area contributed by atoms with E-state index in [-0.39, 0.29) is 0 Å². The molecule has 0 aliphatic rings. The molecule has 0 saturated carbocycles. The first-order valence-corrected chi connectivity index (χ1v) is 12.3. The molecule has 1 heteroatoms. The van der Waals surface area contributed by atoms with Gasteiger partial charge in [-0.15, -0.1) is 0 Å². The molecule has 0 saturated heterocycles. The maximum Gasteiger partial charge on any atom is 0.0709 e. The average Bonchev–Trinajstić information content (AvgIpc) is 2.96. The predicted octanol–water partition coefficient (Wildman–Crippen LogP) is 9.54. The maximum atomic E-state index is 5.00. The number of nitrogens with zero attached hydrogens (tertiary/aromatic N) is 1. The second kappa shape index (κ2) is 8.48. The summed E-state index contributed by atoms with van der Waals surface area (Å²) in [6, 6.07) is 49.7. The number of aromatic nitrogens is 1. The van der Waals surface area contributed by atoms with Crippen molar-refractivity contribution in [2.45, 2.75) is 0 Å². The molecular formula is C35H23N. The Morgan fingerprint density at radius 3 is 1.61 bits per heavy atom. The lowest BCUT2D eigenvalue weighted by Crippen LogP contribution is -1.92. The van der Waals surface area contributed by atoms with Crippen LogP contribution in [0.1, 0.15) is 0 Å². The van der Waals surface area contributed by atoms with Gasteiger partial charge in [0.25, 0.3) is 0 Å². The molecule has 0 N–H and O–H groups in total. The molecule has 1 nitrogen and oxygen atoms in total. The van der Waals surface area contributed by atoms with E-state index in [9.17, 15) is 0 Å². The van der Waals surface area contributed by atoms with Crippen molar-refractivity contribution in [1.29, 1.82) is 0 Å². The zero-order valence-electron chi connectivity index (χ0n) is 19.7. The maximum absolute atomic E-state index is 5.00. The first-order chi connectivity index (χ1) is 17.9. The van der Waals surface area contributed by atoms with E-state index in [1.165, 1.54) is 43.8 Å². The summed E-state index contributed by atoms with van der Waals surface area (Å²) in [5.74, 6) is 0. The Kier molecular flexibility index (Phi) is 4.85. The van der Waals surface area contributed by atoms with Crippen molar-refractivity contribution in [3.8, 4) is 33.5 Å². The summed E-state index contributed by atoms with van der Waals surface area (Å²) >= 11 is 0. The third kappa shape index (κ3) is 3.37. The lowest BCUT2D eigenvalue weighted by molar-refractivity contribution is 1.40. The number of hydrogen-bond donors (Lipinski definition) is 0. The molecule has 0 atom stereocenters. The van der Waals surface area contributed by atoms with Gasteiger partial charge in [0.05, 0.1) is 11.2 Å². The molecule has 0 spiro atoms. The molecule has 0 unspecified atom stereocenters. The highest BCUT2D eigenvalue weighted by atomic mass is 14.7. The smallest absolute Gasteiger partial charge is 0.0709 e. The summed E-state index contributed by atoms with van der Waals surface area (Å²) in [6.45, 7) is 0. The lowest BCUT2D eigenvalue weighted by Gasteiger charge is -2.18. The van der Waals surface area contributed by atoms with E-state index in [4.69, 9.17) is 4.98 Å². The third-order valence-electron chi connectivity index (χ3n) is 7.04. The highest BCUT2D eigenvalue weighted by Gasteiger charge is 2.17. The minimum absolute atomic E-state index is 0.990. The molecule has 0 aliphatic heterocycles. The molecule has 168 valence electrons. The third-order valence-corrected chi connectivity index (χ3v) is 7.04. The van der Waals surface area contributed by atoms with Gasteiger partial charge in [-0.05, 0) is 62.0 Å². The quantitative estimate of drug-likeness (QED) is 0.241. The Hall–Kier alpha value is -4.75. The summed E-state index contributed by atoms with van der Waals surface area (Å²) in [5.41, 5.74) is 8.13. The van der Waals surface area contributed by atoms with E-state index < -0.39 is 0 Å². The molecule has 0 amide bonds. The van der Waals surface area contributed by atoms with Crippen molar-refractivity contribution in [3.05, 3.63) is 140 Å². The zero-order chi connectivity index (χ0) is 23.9. The second-order valence-corrected chi connectivity index (χ2v) is 9.18. The Bertz CT molecular complexity index is 1870. The molecule has 7 aromatic rings. The van der Waals surface area contributed by atoms with Crippen molar-refractivity contribution >= 4 is 32.4 Å². The number of fused-ring (bicyclic) bond motifs is 3. The topological polar surface area (TPSA) is 12.9 Å². The fourth-order valence-electron chi connectivity index (χ4n) is 5.40. The first-order valence-electron chi connectivity index (χ1n) is 12.3. The molecule has 6 aromatic carbocycles. The van der Waals surface area contributed by atoms with Crippen LogP contribution in [0.15, 0.2) is 140 Å². The number of para-hydroxylation sites is 1. The van der Waals surface area contributed by atoms with Crippen LogP contribution in [0, 0.1) is 0 Å². The monoisotopic (exact) mass is 457 g/mol. The minimum atomic E-state index is 0.990. The summed E-state index contributed by atoms with van der Waals surface area (Å²) < 4.78 is 0. The van der Waals surface area contributed by atoms with Gasteiger partial charge in [0.1, 0.15) is 0 Å². The lowest BCUT2D eigenvalue weighted by atomic mass is 9.85. The number of rotatable bonds is 3. The van der Waals surface area contributed by atoms with Gasteiger partial charge in [-0.2, -0.15) is 0 Å². The van der Waals surface area contributed by atoms with Crippen LogP contribution in [0.5, 0.6) is 0 Å². The van der Waals surface area contributed by atoms with Crippen LogP contribution in [-0.4, -0.2) is 4.98 Å². The molecule has 0 radical (unpaired) electrons. The summed E-state index contributed by atoms with van der Waals surface area (Å²) in [4.78, 5) is 5.00. The van der Waals surface area contributed by atoms with Gasteiger partial charge >= 0.3 is 0 Å². The molecule has 36 heavy (non-hydrogen) atoms. The van der Waals surface area contributed by atoms with Gasteiger partial charge in [-0.25, -0.2) is 4.98 Å². The van der Waals surface area contributed by atoms with E-state index in [2.05, 4.69) is 133 Å². The van der Waals surface area contributed by atoms with Gasteiger partial charge in [-0.3, -0.25) is 0 Å². The van der Waals surface area contributed by atoms with Crippen LogP contribution in [0.2, 0.25) is 0 Å². The molecular weight excluding hydrogens is 434 g/mol. The zero-order valence-corrected chi connectivity index (χ0v) is 19.7. The summed E-state index contributed by atoms with van der Waals surface area (Å²) in [7, 11) is 0. The average molecular weight is 458 g/mol. The van der Waals surface area contributed by atoms with Gasteiger partial charge < -0.3 is 0 Å². The van der Waals surface area contributed by atoms with Crippen LogP contribution in [-0.2, 0) is 0 Å². The molecule has 0 bridgehead atoms. The van der Waals surface area contributed by atoms with Gasteiger partial charge in [0.15, 0.2) is 0 Å². The Balaban J connectivity index is 1.60. The molecule has 0 aliphatic carbocycles. The summed E-state index contributed by atoms with van der Waals surface area (Å²) in [6.07, 6.45) is 0. The fraction of sp³-hybridized carbons (Fsp3) is 0. The van der Waals surface area contributed by atoms with E-state index in [0.29, 0.717) is 0 Å². The molecule has 1 heterocycles. The van der Waals surface area contributed by atoms with Crippen LogP contribution in [0.3, 0.4) is 0 Å². The van der Waals surface area contributed by atoms with Gasteiger partial charge in [0.2, 0.25) is 0 Å². The van der Waals surface area contributed by atoms with E-state index >= 15 is 0 Å². The van der Waals surface area contributed by atoms with Gasteiger partial charge in [0, 0.05) is 10.9 Å². The second-order valence-electron chi connectivity index (χ2n) is 9.18. The molecule has 7 rings (SSSR count). The van der Waals surface area contributed by atoms with Crippen molar-refractivity contribution in [2.75, 3.05) is 0 Å². The Labute approximate surface area is 210 Å². The number of pyridine rings is 1. The minimum Gasteiger partial charge on any atom is -0.248 e. The van der Waals surface area contributed by atoms with Crippen LogP contribution in [0.4, 0.5) is 0 Å². The predicted molar refractivity (Wildman–Crippen MR) is 153 cm³/mol. The highest BCUT2D eigenvalue weighted by molar-refractivity contribution is 6.21. The van der Waals surface area contributed by atoms with E-state index in [1.807, 2.05) is 6.07 Å². The molecule has 1 aromatic heterocycles. The Morgan fingerprint density at radius 1 is 0.361 bits per heavy atom. The van der Waals surface area contributed by atoms with Crippen LogP contribution >= 0.6 is 0 Å². The van der Waals surface area contributed by atoms with Crippen LogP contribution in [0.25, 0.3) is 66.0 Å². The number of benzene rings is 6. The van der Waals surface area contributed by atoms with Crippen LogP contribution < -0.4 is 0 Å². The number of hydrogen-bond acceptors (Lipinski definition) is 1. The molecule has 0 fully saturated rings. The fourth-order valence-corrected chi connectivity index (χ4v) is 5.40. The van der Waals surface area contributed by atoms with E-state index in [0.717, 1.165) is 22.2 Å². The normalized spacial score (nSPS) is 11.3. The SMILES string of the molecule is c1ccc(-c2c3ccccc3c(-c3ccccc3)c3cc(-c4ccc5ccccc5n4)ccc23)cc1. The highest BCUT2D eigenvalue weighted by Crippen LogP contribution is 2.44.